The summed E-state index contributed by atoms with van der Waals surface area (Å²) in [5.74, 6) is 0.361. The first-order valence-corrected chi connectivity index (χ1v) is 6.26. The normalized spacial score (nSPS) is 26.5. The predicted octanol–water partition coefficient (Wildman–Crippen LogP) is 4.06. The zero-order valence-corrected chi connectivity index (χ0v) is 9.72. The van der Waals surface area contributed by atoms with Crippen LogP contribution in [-0.2, 0) is 0 Å². The number of anilines is 1. The molecule has 1 aliphatic carbocycles. The molecular weight excluding hydrogens is 201 g/mol. The van der Waals surface area contributed by atoms with Crippen LogP contribution in [0.3, 0.4) is 0 Å². The van der Waals surface area contributed by atoms with Gasteiger partial charge >= 0.3 is 0 Å². The third-order valence-electron chi connectivity index (χ3n) is 4.20. The smallest absolute Gasteiger partial charge is 0.123 e. The molecule has 0 unspecified atom stereocenters. The fourth-order valence-corrected chi connectivity index (χ4v) is 3.47. The van der Waals surface area contributed by atoms with E-state index in [9.17, 15) is 4.39 Å². The van der Waals surface area contributed by atoms with E-state index in [0.29, 0.717) is 11.5 Å². The molecule has 16 heavy (non-hydrogen) atoms. The molecule has 1 fully saturated rings. The van der Waals surface area contributed by atoms with E-state index < -0.39 is 0 Å². The molecule has 3 rings (SSSR count). The Balaban J connectivity index is 1.99. The zero-order valence-electron chi connectivity index (χ0n) is 9.72. The lowest BCUT2D eigenvalue weighted by Gasteiger charge is -2.40. The first-order valence-electron chi connectivity index (χ1n) is 6.26. The van der Waals surface area contributed by atoms with Gasteiger partial charge in [-0.3, -0.25) is 0 Å². The van der Waals surface area contributed by atoms with Gasteiger partial charge in [0.05, 0.1) is 0 Å². The van der Waals surface area contributed by atoms with Gasteiger partial charge in [0.2, 0.25) is 0 Å². The number of hydrogen-bond acceptors (Lipinski definition) is 1. The third-order valence-corrected chi connectivity index (χ3v) is 4.20. The average Bonchev–Trinajstić information content (AvgIpc) is 2.68. The van der Waals surface area contributed by atoms with Crippen molar-refractivity contribution in [3.8, 4) is 0 Å². The van der Waals surface area contributed by atoms with Crippen molar-refractivity contribution in [1.29, 1.82) is 0 Å². The molecule has 1 N–H and O–H groups in total. The van der Waals surface area contributed by atoms with Crippen molar-refractivity contribution >= 4 is 5.69 Å². The second-order valence-electron chi connectivity index (χ2n) is 5.45. The minimum Gasteiger partial charge on any atom is -0.379 e. The van der Waals surface area contributed by atoms with Crippen LogP contribution < -0.4 is 5.32 Å². The lowest BCUT2D eigenvalue weighted by atomic mass is 9.79. The van der Waals surface area contributed by atoms with E-state index in [4.69, 9.17) is 0 Å². The van der Waals surface area contributed by atoms with E-state index in [-0.39, 0.29) is 5.82 Å². The van der Waals surface area contributed by atoms with Gasteiger partial charge in [-0.25, -0.2) is 4.39 Å². The molecule has 0 amide bonds. The largest absolute Gasteiger partial charge is 0.379 e. The van der Waals surface area contributed by atoms with Crippen molar-refractivity contribution in [3.63, 3.8) is 0 Å². The first kappa shape index (κ1) is 10.1. The Bertz CT molecular complexity index is 407. The van der Waals surface area contributed by atoms with Gasteiger partial charge in [0.1, 0.15) is 5.82 Å². The van der Waals surface area contributed by atoms with E-state index in [1.807, 2.05) is 6.07 Å². The van der Waals surface area contributed by atoms with Crippen LogP contribution in [-0.4, -0.2) is 5.54 Å². The standard InChI is InChI=1S/C14H18FN/c1-10-9-14(6-2-3-7-14)16-13-5-4-11(15)8-12(10)13/h4-5,8,10,16H,2-3,6-7,9H2,1H3/t10-/m1/s1. The molecule has 86 valence electrons. The Morgan fingerprint density at radius 1 is 1.31 bits per heavy atom. The quantitative estimate of drug-likeness (QED) is 0.694. The molecule has 1 saturated carbocycles. The van der Waals surface area contributed by atoms with E-state index in [1.165, 1.54) is 25.7 Å². The minimum atomic E-state index is -0.116. The molecule has 1 spiro atoms. The summed E-state index contributed by atoms with van der Waals surface area (Å²) in [4.78, 5) is 0. The number of benzene rings is 1. The van der Waals surface area contributed by atoms with Gasteiger partial charge in [0, 0.05) is 11.2 Å². The number of fused-ring (bicyclic) bond motifs is 1. The molecule has 0 saturated heterocycles. The highest BCUT2D eigenvalue weighted by atomic mass is 19.1. The van der Waals surface area contributed by atoms with Gasteiger partial charge in [0.25, 0.3) is 0 Å². The fraction of sp³-hybridized carbons (Fsp3) is 0.571. The summed E-state index contributed by atoms with van der Waals surface area (Å²) in [5.41, 5.74) is 2.61. The van der Waals surface area contributed by atoms with Crippen LogP contribution in [0.5, 0.6) is 0 Å². The summed E-state index contributed by atoms with van der Waals surface area (Å²) in [6.07, 6.45) is 6.36. The highest BCUT2D eigenvalue weighted by Gasteiger charge is 2.39. The summed E-state index contributed by atoms with van der Waals surface area (Å²) < 4.78 is 13.2. The second-order valence-corrected chi connectivity index (χ2v) is 5.45. The van der Waals surface area contributed by atoms with Crippen LogP contribution in [0.25, 0.3) is 0 Å². The van der Waals surface area contributed by atoms with Crippen molar-refractivity contribution in [2.45, 2.75) is 50.5 Å². The predicted molar refractivity (Wildman–Crippen MR) is 64.3 cm³/mol. The molecule has 1 heterocycles. The van der Waals surface area contributed by atoms with Gasteiger partial charge in [-0.15, -0.1) is 0 Å². The molecule has 0 aromatic heterocycles. The number of hydrogen-bond donors (Lipinski definition) is 1. The fourth-order valence-electron chi connectivity index (χ4n) is 3.47. The lowest BCUT2D eigenvalue weighted by Crippen LogP contribution is -2.40. The van der Waals surface area contributed by atoms with Gasteiger partial charge in [-0.1, -0.05) is 19.8 Å². The Kier molecular flexibility index (Phi) is 2.20. The maximum atomic E-state index is 13.2. The number of rotatable bonds is 0. The van der Waals surface area contributed by atoms with Gasteiger partial charge in [-0.2, -0.15) is 0 Å². The monoisotopic (exact) mass is 219 g/mol. The molecule has 0 radical (unpaired) electrons. The Hall–Kier alpha value is -1.05. The van der Waals surface area contributed by atoms with Crippen LogP contribution in [0.4, 0.5) is 10.1 Å². The summed E-state index contributed by atoms with van der Waals surface area (Å²) in [7, 11) is 0. The molecule has 1 atom stereocenters. The Labute approximate surface area is 96.1 Å². The van der Waals surface area contributed by atoms with Crippen molar-refractivity contribution in [2.24, 2.45) is 0 Å². The van der Waals surface area contributed by atoms with E-state index in [2.05, 4.69) is 12.2 Å². The van der Waals surface area contributed by atoms with Gasteiger partial charge in [-0.05, 0) is 48.9 Å². The molecule has 2 aliphatic rings. The average molecular weight is 219 g/mol. The molecule has 0 bridgehead atoms. The summed E-state index contributed by atoms with van der Waals surface area (Å²) >= 11 is 0. The highest BCUT2D eigenvalue weighted by molar-refractivity contribution is 5.57. The van der Waals surface area contributed by atoms with Gasteiger partial charge < -0.3 is 5.32 Å². The second kappa shape index (κ2) is 3.47. The summed E-state index contributed by atoms with van der Waals surface area (Å²) in [6.45, 7) is 2.22. The maximum absolute atomic E-state index is 13.2. The van der Waals surface area contributed by atoms with Crippen LogP contribution in [0.2, 0.25) is 0 Å². The van der Waals surface area contributed by atoms with Crippen LogP contribution >= 0.6 is 0 Å². The molecule has 1 aromatic rings. The Morgan fingerprint density at radius 2 is 2.06 bits per heavy atom. The molecule has 1 aliphatic heterocycles. The topological polar surface area (TPSA) is 12.0 Å². The van der Waals surface area contributed by atoms with Crippen molar-refractivity contribution in [1.82, 2.24) is 0 Å². The zero-order chi connectivity index (χ0) is 11.2. The Morgan fingerprint density at radius 3 is 2.81 bits per heavy atom. The van der Waals surface area contributed by atoms with Crippen molar-refractivity contribution in [3.05, 3.63) is 29.6 Å². The molecule has 1 nitrogen and oxygen atoms in total. The molecule has 2 heteroatoms. The third kappa shape index (κ3) is 1.51. The van der Waals surface area contributed by atoms with E-state index >= 15 is 0 Å². The van der Waals surface area contributed by atoms with Gasteiger partial charge in [0.15, 0.2) is 0 Å². The highest BCUT2D eigenvalue weighted by Crippen LogP contribution is 2.46. The lowest BCUT2D eigenvalue weighted by molar-refractivity contribution is 0.395. The van der Waals surface area contributed by atoms with Crippen LogP contribution in [0, 0.1) is 5.82 Å². The van der Waals surface area contributed by atoms with Crippen molar-refractivity contribution in [2.75, 3.05) is 5.32 Å². The SMILES string of the molecule is C[C@@H]1CC2(CCCC2)Nc2ccc(F)cc21. The summed E-state index contributed by atoms with van der Waals surface area (Å²) in [5, 5.41) is 3.66. The molecule has 1 aromatic carbocycles. The van der Waals surface area contributed by atoms with Crippen LogP contribution in [0.1, 0.15) is 50.5 Å². The first-order chi connectivity index (χ1) is 7.69. The van der Waals surface area contributed by atoms with E-state index in [1.54, 1.807) is 12.1 Å². The summed E-state index contributed by atoms with van der Waals surface area (Å²) in [6, 6.07) is 5.15. The maximum Gasteiger partial charge on any atom is 0.123 e. The number of halogens is 1. The minimum absolute atomic E-state index is 0.116. The van der Waals surface area contributed by atoms with Crippen LogP contribution in [0.15, 0.2) is 18.2 Å². The number of nitrogens with one attached hydrogen (secondary N) is 1. The van der Waals surface area contributed by atoms with E-state index in [0.717, 1.165) is 17.7 Å². The molecular formula is C14H18FN. The van der Waals surface area contributed by atoms with Crippen molar-refractivity contribution < 1.29 is 4.39 Å².